The summed E-state index contributed by atoms with van der Waals surface area (Å²) in [6.07, 6.45) is 2.31. The third-order valence-electron chi connectivity index (χ3n) is 11.5. The van der Waals surface area contributed by atoms with Crippen molar-refractivity contribution in [3.63, 3.8) is 0 Å². The molecule has 57 heavy (non-hydrogen) atoms. The van der Waals surface area contributed by atoms with Crippen LogP contribution in [0.15, 0.2) is 223 Å². The normalized spacial score (nSPS) is 16.5. The largest absolute Gasteiger partial charge is 0.457 e. The molecule has 0 spiro atoms. The lowest BCUT2D eigenvalue weighted by atomic mass is 9.61. The summed E-state index contributed by atoms with van der Waals surface area (Å²) in [5.74, 6) is 2.53. The van der Waals surface area contributed by atoms with Crippen molar-refractivity contribution in [3.8, 4) is 33.8 Å². The number of para-hydroxylation sites is 2. The van der Waals surface area contributed by atoms with Gasteiger partial charge in [-0.2, -0.15) is 0 Å². The summed E-state index contributed by atoms with van der Waals surface area (Å²) in [4.78, 5) is 5.38. The van der Waals surface area contributed by atoms with Crippen LogP contribution in [0.1, 0.15) is 45.9 Å². The molecule has 0 saturated heterocycles. The van der Waals surface area contributed by atoms with Crippen LogP contribution in [-0.4, -0.2) is 5.84 Å². The molecule has 1 atom stereocenters. The molecule has 3 nitrogen and oxygen atoms in total. The van der Waals surface area contributed by atoms with Crippen LogP contribution in [0, 0.1) is 0 Å². The fourth-order valence-corrected chi connectivity index (χ4v) is 8.78. The minimum Gasteiger partial charge on any atom is -0.457 e. The number of nitrogens with zero attached hydrogens (tertiary/aromatic N) is 1. The standard InChI is InChI=1S/C54H40N2O/c1-53(45-23-11-12-24-46(45)54(44-21-9-4-10-22-44)47-25-13-15-27-50(47)57-51-28-16-14-26-48(51)54)37-49(42-33-29-40(30-34-42)38-17-5-2-6-18-38)55-52(56-53)43-35-31-41(32-36-43)39-19-7-3-8-20-39/h2-37H,1H3,(H,55,56). The Morgan fingerprint density at radius 1 is 0.386 bits per heavy atom. The van der Waals surface area contributed by atoms with Gasteiger partial charge in [0.1, 0.15) is 17.3 Å². The first-order valence-corrected chi connectivity index (χ1v) is 19.5. The van der Waals surface area contributed by atoms with E-state index >= 15 is 0 Å². The number of hydrogen-bond acceptors (Lipinski definition) is 3. The monoisotopic (exact) mass is 732 g/mol. The molecule has 1 N–H and O–H groups in total. The predicted octanol–water partition coefficient (Wildman–Crippen LogP) is 12.8. The summed E-state index contributed by atoms with van der Waals surface area (Å²) >= 11 is 0. The third kappa shape index (κ3) is 5.96. The first-order chi connectivity index (χ1) is 28.1. The van der Waals surface area contributed by atoms with Crippen LogP contribution in [0.3, 0.4) is 0 Å². The van der Waals surface area contributed by atoms with Gasteiger partial charge in [-0.25, -0.2) is 4.99 Å². The van der Waals surface area contributed by atoms with E-state index in [-0.39, 0.29) is 0 Å². The zero-order valence-electron chi connectivity index (χ0n) is 31.6. The number of fused-ring (bicyclic) bond motifs is 2. The van der Waals surface area contributed by atoms with Crippen LogP contribution in [0.2, 0.25) is 0 Å². The molecule has 2 heterocycles. The molecule has 1 unspecified atom stereocenters. The van der Waals surface area contributed by atoms with E-state index in [2.05, 4.69) is 231 Å². The van der Waals surface area contributed by atoms with Crippen molar-refractivity contribution in [3.05, 3.63) is 257 Å². The topological polar surface area (TPSA) is 33.6 Å². The van der Waals surface area contributed by atoms with Gasteiger partial charge in [0.15, 0.2) is 0 Å². The Hall–Kier alpha value is -7.23. The number of nitrogens with one attached hydrogen (secondary N) is 1. The van der Waals surface area contributed by atoms with Gasteiger partial charge in [-0.3, -0.25) is 0 Å². The first-order valence-electron chi connectivity index (χ1n) is 19.5. The summed E-state index contributed by atoms with van der Waals surface area (Å²) in [5, 5.41) is 4.00. The van der Waals surface area contributed by atoms with E-state index in [9.17, 15) is 0 Å². The van der Waals surface area contributed by atoms with Crippen molar-refractivity contribution in [2.24, 2.45) is 4.99 Å². The van der Waals surface area contributed by atoms with Gasteiger partial charge in [-0.05, 0) is 64.1 Å². The van der Waals surface area contributed by atoms with E-state index in [1.54, 1.807) is 0 Å². The molecule has 3 heteroatoms. The molecule has 2 aliphatic rings. The zero-order chi connectivity index (χ0) is 38.2. The number of amidine groups is 1. The maximum Gasteiger partial charge on any atom is 0.134 e. The van der Waals surface area contributed by atoms with Gasteiger partial charge in [0.05, 0.1) is 16.7 Å². The number of aliphatic imine (C=N–C) groups is 1. The average molecular weight is 733 g/mol. The second kappa shape index (κ2) is 14.1. The summed E-state index contributed by atoms with van der Waals surface area (Å²) in [6.45, 7) is 2.28. The highest BCUT2D eigenvalue weighted by Crippen LogP contribution is 2.57. The Kier molecular flexibility index (Phi) is 8.49. The highest BCUT2D eigenvalue weighted by Gasteiger charge is 2.48. The van der Waals surface area contributed by atoms with Crippen molar-refractivity contribution in [2.45, 2.75) is 17.9 Å². The Morgan fingerprint density at radius 2 is 0.789 bits per heavy atom. The SMILES string of the molecule is CC1(c2ccccc2C2(c3ccccc3)c3ccccc3Oc3ccccc32)C=C(c2ccc(-c3ccccc3)cc2)N=C(c2ccc(-c3ccccc3)cc2)N1. The lowest BCUT2D eigenvalue weighted by Gasteiger charge is -2.45. The average Bonchev–Trinajstić information content (AvgIpc) is 3.29. The van der Waals surface area contributed by atoms with Crippen LogP contribution in [0.25, 0.3) is 28.0 Å². The minimum atomic E-state index is -0.691. The molecular formula is C54H40N2O. The molecular weight excluding hydrogens is 693 g/mol. The highest BCUT2D eigenvalue weighted by atomic mass is 16.5. The lowest BCUT2D eigenvalue weighted by molar-refractivity contribution is 0.431. The molecule has 0 aliphatic carbocycles. The van der Waals surface area contributed by atoms with Crippen molar-refractivity contribution in [1.82, 2.24) is 5.32 Å². The third-order valence-corrected chi connectivity index (χ3v) is 11.5. The first kappa shape index (κ1) is 34.3. The van der Waals surface area contributed by atoms with E-state index in [0.717, 1.165) is 56.4 Å². The maximum atomic E-state index is 6.67. The minimum absolute atomic E-state index is 0.689. The van der Waals surface area contributed by atoms with Gasteiger partial charge in [-0.15, -0.1) is 0 Å². The zero-order valence-corrected chi connectivity index (χ0v) is 31.6. The Balaban J connectivity index is 1.18. The molecule has 2 aliphatic heterocycles. The number of ether oxygens (including phenoxy) is 1. The maximum absolute atomic E-state index is 6.67. The Labute approximate surface area is 334 Å². The van der Waals surface area contributed by atoms with Crippen LogP contribution in [-0.2, 0) is 11.0 Å². The van der Waals surface area contributed by atoms with Crippen LogP contribution in [0.4, 0.5) is 0 Å². The summed E-state index contributed by atoms with van der Waals surface area (Å²) in [5.41, 5.74) is 12.0. The molecule has 8 aromatic rings. The van der Waals surface area contributed by atoms with Gasteiger partial charge < -0.3 is 10.1 Å². The number of benzene rings is 8. The number of rotatable bonds is 7. The fraction of sp³-hybridized carbons (Fsp3) is 0.0556. The predicted molar refractivity (Wildman–Crippen MR) is 234 cm³/mol. The Bertz CT molecular complexity index is 2730. The molecule has 272 valence electrons. The lowest BCUT2D eigenvalue weighted by Crippen LogP contribution is -2.47. The molecule has 0 fully saturated rings. The van der Waals surface area contributed by atoms with E-state index in [4.69, 9.17) is 9.73 Å². The molecule has 10 rings (SSSR count). The van der Waals surface area contributed by atoms with E-state index in [0.29, 0.717) is 0 Å². The molecule has 0 amide bonds. The summed E-state index contributed by atoms with van der Waals surface area (Å²) in [6, 6.07) is 75.3. The quantitative estimate of drug-likeness (QED) is 0.177. The van der Waals surface area contributed by atoms with Crippen molar-refractivity contribution in [2.75, 3.05) is 0 Å². The molecule has 0 radical (unpaired) electrons. The van der Waals surface area contributed by atoms with Crippen LogP contribution >= 0.6 is 0 Å². The van der Waals surface area contributed by atoms with Gasteiger partial charge in [-0.1, -0.05) is 200 Å². The van der Waals surface area contributed by atoms with E-state index in [1.165, 1.54) is 27.8 Å². The smallest absolute Gasteiger partial charge is 0.134 e. The molecule has 0 bridgehead atoms. The number of hydrogen-bond donors (Lipinski definition) is 1. The molecule has 0 saturated carbocycles. The Morgan fingerprint density at radius 3 is 1.33 bits per heavy atom. The van der Waals surface area contributed by atoms with Crippen molar-refractivity contribution >= 4 is 11.5 Å². The van der Waals surface area contributed by atoms with Crippen LogP contribution in [0.5, 0.6) is 11.5 Å². The van der Waals surface area contributed by atoms with Gasteiger partial charge in [0, 0.05) is 22.3 Å². The van der Waals surface area contributed by atoms with Gasteiger partial charge >= 0.3 is 0 Å². The molecule has 0 aromatic heterocycles. The van der Waals surface area contributed by atoms with Crippen molar-refractivity contribution in [1.29, 1.82) is 0 Å². The van der Waals surface area contributed by atoms with Gasteiger partial charge in [0.25, 0.3) is 0 Å². The highest BCUT2D eigenvalue weighted by molar-refractivity contribution is 6.04. The van der Waals surface area contributed by atoms with Gasteiger partial charge in [0.2, 0.25) is 0 Å². The van der Waals surface area contributed by atoms with E-state index < -0.39 is 11.0 Å². The molecule has 8 aromatic carbocycles. The summed E-state index contributed by atoms with van der Waals surface area (Å²) in [7, 11) is 0. The van der Waals surface area contributed by atoms with Crippen LogP contribution < -0.4 is 10.1 Å². The summed E-state index contributed by atoms with van der Waals surface area (Å²) < 4.78 is 6.67. The van der Waals surface area contributed by atoms with E-state index in [1.807, 2.05) is 0 Å². The second-order valence-corrected chi connectivity index (χ2v) is 15.0. The van der Waals surface area contributed by atoms with Crippen molar-refractivity contribution < 1.29 is 4.74 Å². The second-order valence-electron chi connectivity index (χ2n) is 15.0. The fourth-order valence-electron chi connectivity index (χ4n) is 8.78.